The highest BCUT2D eigenvalue weighted by Gasteiger charge is 2.38. The minimum absolute atomic E-state index is 0. The van der Waals surface area contributed by atoms with Gasteiger partial charge in [0.1, 0.15) is 6.04 Å². The molecule has 1 saturated heterocycles. The van der Waals surface area contributed by atoms with Gasteiger partial charge in [-0.3, -0.25) is 9.59 Å². The van der Waals surface area contributed by atoms with Crippen molar-refractivity contribution in [1.29, 1.82) is 0 Å². The first kappa shape index (κ1) is 23.7. The third-order valence-electron chi connectivity index (χ3n) is 6.58. The third kappa shape index (κ3) is 5.52. The summed E-state index contributed by atoms with van der Waals surface area (Å²) in [5, 5.41) is 3.22. The fraction of sp³-hybridized carbons (Fsp3) is 0.652. The average Bonchev–Trinajstić information content (AvgIpc) is 2.75. The van der Waals surface area contributed by atoms with Gasteiger partial charge in [-0.05, 0) is 56.3 Å². The summed E-state index contributed by atoms with van der Waals surface area (Å²) in [5.41, 5.74) is 2.38. The number of rotatable bonds is 6. The van der Waals surface area contributed by atoms with Gasteiger partial charge in [-0.1, -0.05) is 38.1 Å². The first-order valence-corrected chi connectivity index (χ1v) is 10.9. The van der Waals surface area contributed by atoms with Gasteiger partial charge in [-0.25, -0.2) is 0 Å². The van der Waals surface area contributed by atoms with Crippen LogP contribution in [-0.2, 0) is 22.6 Å². The van der Waals surface area contributed by atoms with Crippen molar-refractivity contribution in [2.75, 3.05) is 26.7 Å². The van der Waals surface area contributed by atoms with E-state index in [1.807, 2.05) is 42.8 Å². The van der Waals surface area contributed by atoms with Crippen LogP contribution in [0.2, 0.25) is 0 Å². The predicted octanol–water partition coefficient (Wildman–Crippen LogP) is 3.26. The molecule has 29 heavy (non-hydrogen) atoms. The molecule has 2 amide bonds. The summed E-state index contributed by atoms with van der Waals surface area (Å²) in [6.45, 7) is 7.22. The van der Waals surface area contributed by atoms with Crippen molar-refractivity contribution in [3.63, 3.8) is 0 Å². The fourth-order valence-electron chi connectivity index (χ4n) is 4.43. The SMILES string of the molecule is CCC(C)C(=O)N1Cc2ccccc2CC1C(=O)N1CCC(CCNC)CC1.Cl. The van der Waals surface area contributed by atoms with Gasteiger partial charge in [0.2, 0.25) is 11.8 Å². The molecule has 2 atom stereocenters. The molecule has 0 spiro atoms. The smallest absolute Gasteiger partial charge is 0.245 e. The molecule has 5 nitrogen and oxygen atoms in total. The lowest BCUT2D eigenvalue weighted by atomic mass is 9.90. The molecule has 1 aromatic carbocycles. The molecule has 0 bridgehead atoms. The van der Waals surface area contributed by atoms with Crippen LogP contribution in [0.4, 0.5) is 0 Å². The number of amides is 2. The van der Waals surface area contributed by atoms with Crippen molar-refractivity contribution >= 4 is 24.2 Å². The maximum Gasteiger partial charge on any atom is 0.245 e. The van der Waals surface area contributed by atoms with E-state index in [-0.39, 0.29) is 36.2 Å². The molecule has 2 aliphatic rings. The van der Waals surface area contributed by atoms with Crippen LogP contribution in [0.25, 0.3) is 0 Å². The summed E-state index contributed by atoms with van der Waals surface area (Å²) in [6.07, 6.45) is 4.74. The van der Waals surface area contributed by atoms with Crippen molar-refractivity contribution in [1.82, 2.24) is 15.1 Å². The summed E-state index contributed by atoms with van der Waals surface area (Å²) in [4.78, 5) is 30.3. The van der Waals surface area contributed by atoms with Gasteiger partial charge in [0, 0.05) is 32.0 Å². The number of fused-ring (bicyclic) bond motifs is 1. The van der Waals surface area contributed by atoms with Crippen molar-refractivity contribution < 1.29 is 9.59 Å². The average molecular weight is 422 g/mol. The molecule has 1 aromatic rings. The Balaban J connectivity index is 0.00000300. The summed E-state index contributed by atoms with van der Waals surface area (Å²) in [7, 11) is 1.99. The molecule has 1 fully saturated rings. The lowest BCUT2D eigenvalue weighted by Gasteiger charge is -2.41. The van der Waals surface area contributed by atoms with Gasteiger partial charge in [0.05, 0.1) is 0 Å². The van der Waals surface area contributed by atoms with Gasteiger partial charge in [0.15, 0.2) is 0 Å². The molecule has 0 aromatic heterocycles. The quantitative estimate of drug-likeness (QED) is 0.767. The van der Waals surface area contributed by atoms with E-state index in [4.69, 9.17) is 0 Å². The largest absolute Gasteiger partial charge is 0.341 e. The lowest BCUT2D eigenvalue weighted by molar-refractivity contribution is -0.150. The first-order chi connectivity index (χ1) is 13.5. The molecule has 6 heteroatoms. The molecule has 162 valence electrons. The molecule has 1 N–H and O–H groups in total. The van der Waals surface area contributed by atoms with Crippen LogP contribution >= 0.6 is 12.4 Å². The maximum absolute atomic E-state index is 13.4. The summed E-state index contributed by atoms with van der Waals surface area (Å²) in [6, 6.07) is 7.87. The third-order valence-corrected chi connectivity index (χ3v) is 6.58. The molecule has 0 radical (unpaired) electrons. The Kier molecular flexibility index (Phi) is 8.97. The number of hydrogen-bond acceptors (Lipinski definition) is 3. The Morgan fingerprint density at radius 2 is 1.83 bits per heavy atom. The molecule has 0 saturated carbocycles. The van der Waals surface area contributed by atoms with Crippen LogP contribution in [0.3, 0.4) is 0 Å². The van der Waals surface area contributed by atoms with E-state index in [2.05, 4.69) is 17.4 Å². The monoisotopic (exact) mass is 421 g/mol. The molecule has 0 aliphatic carbocycles. The van der Waals surface area contributed by atoms with Crippen LogP contribution in [0.1, 0.15) is 50.7 Å². The topological polar surface area (TPSA) is 52.7 Å². The Morgan fingerprint density at radius 1 is 1.17 bits per heavy atom. The molecule has 2 unspecified atom stereocenters. The molecule has 2 heterocycles. The van der Waals surface area contributed by atoms with Crippen molar-refractivity contribution in [3.8, 4) is 0 Å². The van der Waals surface area contributed by atoms with Crippen LogP contribution in [0, 0.1) is 11.8 Å². The zero-order valence-electron chi connectivity index (χ0n) is 18.0. The number of nitrogens with zero attached hydrogens (tertiary/aromatic N) is 2. The number of piperidine rings is 1. The highest BCUT2D eigenvalue weighted by atomic mass is 35.5. The zero-order chi connectivity index (χ0) is 20.1. The Labute approximate surface area is 181 Å². The first-order valence-electron chi connectivity index (χ1n) is 10.9. The zero-order valence-corrected chi connectivity index (χ0v) is 18.8. The van der Waals surface area contributed by atoms with Gasteiger partial charge in [-0.2, -0.15) is 0 Å². The Bertz CT molecular complexity index is 688. The van der Waals surface area contributed by atoms with E-state index in [1.54, 1.807) is 0 Å². The van der Waals surface area contributed by atoms with Crippen LogP contribution in [0.5, 0.6) is 0 Å². The summed E-state index contributed by atoms with van der Waals surface area (Å²) < 4.78 is 0. The van der Waals surface area contributed by atoms with Crippen molar-refractivity contribution in [2.24, 2.45) is 11.8 Å². The van der Waals surface area contributed by atoms with Crippen molar-refractivity contribution in [2.45, 2.75) is 58.5 Å². The van der Waals surface area contributed by atoms with E-state index in [1.165, 1.54) is 17.5 Å². The second kappa shape index (κ2) is 11.0. The number of benzene rings is 1. The minimum atomic E-state index is -0.356. The van der Waals surface area contributed by atoms with Gasteiger partial charge >= 0.3 is 0 Å². The van der Waals surface area contributed by atoms with Crippen LogP contribution < -0.4 is 5.32 Å². The molecule has 2 aliphatic heterocycles. The maximum atomic E-state index is 13.4. The van der Waals surface area contributed by atoms with Gasteiger partial charge < -0.3 is 15.1 Å². The predicted molar refractivity (Wildman–Crippen MR) is 119 cm³/mol. The Hall–Kier alpha value is -1.59. The van der Waals surface area contributed by atoms with E-state index in [9.17, 15) is 9.59 Å². The van der Waals surface area contributed by atoms with E-state index in [0.717, 1.165) is 38.9 Å². The summed E-state index contributed by atoms with van der Waals surface area (Å²) in [5.74, 6) is 0.895. The highest BCUT2D eigenvalue weighted by molar-refractivity contribution is 5.89. The van der Waals surface area contributed by atoms with Crippen LogP contribution in [-0.4, -0.2) is 54.3 Å². The second-order valence-electron chi connectivity index (χ2n) is 8.42. The lowest BCUT2D eigenvalue weighted by Crippen LogP contribution is -2.55. The number of likely N-dealkylation sites (tertiary alicyclic amines) is 1. The van der Waals surface area contributed by atoms with Gasteiger partial charge in [-0.15, -0.1) is 12.4 Å². The number of hydrogen-bond donors (Lipinski definition) is 1. The molecular formula is C23H36ClN3O2. The second-order valence-corrected chi connectivity index (χ2v) is 8.42. The van der Waals surface area contributed by atoms with E-state index >= 15 is 0 Å². The number of nitrogens with one attached hydrogen (secondary N) is 1. The minimum Gasteiger partial charge on any atom is -0.341 e. The standard InChI is InChI=1S/C23H35N3O2.ClH/c1-4-17(2)22(27)26-16-20-8-6-5-7-19(20)15-21(26)23(28)25-13-10-18(11-14-25)9-12-24-3;/h5-8,17-18,21,24H,4,9-16H2,1-3H3;1H. The number of carbonyl (C=O) groups excluding carboxylic acids is 2. The number of halogens is 1. The molecular weight excluding hydrogens is 386 g/mol. The normalized spacial score (nSPS) is 20.6. The van der Waals surface area contributed by atoms with E-state index < -0.39 is 0 Å². The van der Waals surface area contributed by atoms with Gasteiger partial charge in [0.25, 0.3) is 0 Å². The van der Waals surface area contributed by atoms with Crippen molar-refractivity contribution in [3.05, 3.63) is 35.4 Å². The van der Waals surface area contributed by atoms with Crippen LogP contribution in [0.15, 0.2) is 24.3 Å². The molecule has 3 rings (SSSR count). The Morgan fingerprint density at radius 3 is 2.45 bits per heavy atom. The fourth-order valence-corrected chi connectivity index (χ4v) is 4.43. The summed E-state index contributed by atoms with van der Waals surface area (Å²) >= 11 is 0. The van der Waals surface area contributed by atoms with E-state index in [0.29, 0.717) is 18.9 Å². The highest BCUT2D eigenvalue weighted by Crippen LogP contribution is 2.28. The number of carbonyl (C=O) groups is 2.